The number of benzene rings is 1. The van der Waals surface area contributed by atoms with E-state index in [1.54, 1.807) is 18.3 Å². The summed E-state index contributed by atoms with van der Waals surface area (Å²) in [7, 11) is 0. The first kappa shape index (κ1) is 14.8. The second-order valence-electron chi connectivity index (χ2n) is 4.21. The fourth-order valence-corrected chi connectivity index (χ4v) is 1.83. The molecule has 0 aliphatic carbocycles. The molecule has 0 spiro atoms. The number of alkyl halides is 3. The predicted molar refractivity (Wildman–Crippen MR) is 71.3 cm³/mol. The Morgan fingerprint density at radius 1 is 1.19 bits per heavy atom. The van der Waals surface area contributed by atoms with Crippen molar-refractivity contribution >= 4 is 12.0 Å². The van der Waals surface area contributed by atoms with E-state index in [9.17, 15) is 18.0 Å². The van der Waals surface area contributed by atoms with E-state index < -0.39 is 17.7 Å². The lowest BCUT2D eigenvalue weighted by molar-refractivity contribution is -0.138. The van der Waals surface area contributed by atoms with Gasteiger partial charge in [-0.2, -0.15) is 13.2 Å². The van der Waals surface area contributed by atoms with E-state index in [1.807, 2.05) is 0 Å². The minimum absolute atomic E-state index is 0.203. The van der Waals surface area contributed by atoms with Crippen LogP contribution < -0.4 is 0 Å². The summed E-state index contributed by atoms with van der Waals surface area (Å²) in [4.78, 5) is 14.4. The van der Waals surface area contributed by atoms with Crippen LogP contribution in [0.3, 0.4) is 0 Å². The lowest BCUT2D eigenvalue weighted by Crippen LogP contribution is -2.07. The molecule has 108 valence electrons. The average molecular weight is 293 g/mol. The number of aromatic nitrogens is 1. The van der Waals surface area contributed by atoms with Crippen molar-refractivity contribution < 1.29 is 23.1 Å². The molecule has 0 aliphatic rings. The van der Waals surface area contributed by atoms with Crippen LogP contribution in [-0.4, -0.2) is 16.1 Å². The van der Waals surface area contributed by atoms with Crippen LogP contribution in [0.15, 0.2) is 48.8 Å². The Hall–Kier alpha value is -2.63. The Morgan fingerprint density at radius 3 is 2.52 bits per heavy atom. The average Bonchev–Trinajstić information content (AvgIpc) is 2.44. The van der Waals surface area contributed by atoms with Crippen LogP contribution in [0.1, 0.15) is 11.1 Å². The number of hydrogen-bond acceptors (Lipinski definition) is 2. The normalized spacial score (nSPS) is 11.8. The summed E-state index contributed by atoms with van der Waals surface area (Å²) in [6, 6.07) is 6.93. The lowest BCUT2D eigenvalue weighted by atomic mass is 9.99. The Bertz CT molecular complexity index is 679. The number of nitrogens with zero attached hydrogens (tertiary/aromatic N) is 1. The van der Waals surface area contributed by atoms with Gasteiger partial charge in [-0.15, -0.1) is 0 Å². The van der Waals surface area contributed by atoms with Crippen molar-refractivity contribution in [3.05, 3.63) is 59.9 Å². The van der Waals surface area contributed by atoms with Crippen molar-refractivity contribution in [2.75, 3.05) is 0 Å². The van der Waals surface area contributed by atoms with E-state index >= 15 is 0 Å². The summed E-state index contributed by atoms with van der Waals surface area (Å²) < 4.78 is 38.7. The Kier molecular flexibility index (Phi) is 4.07. The Labute approximate surface area is 118 Å². The monoisotopic (exact) mass is 293 g/mol. The van der Waals surface area contributed by atoms with Crippen molar-refractivity contribution in [3.8, 4) is 11.1 Å². The molecule has 21 heavy (non-hydrogen) atoms. The highest BCUT2D eigenvalue weighted by molar-refractivity contribution is 5.86. The fraction of sp³-hybridized carbons (Fsp3) is 0.0667. The van der Waals surface area contributed by atoms with Gasteiger partial charge in [0.05, 0.1) is 5.56 Å². The molecule has 0 fully saturated rings. The summed E-state index contributed by atoms with van der Waals surface area (Å²) in [6.45, 7) is 0. The highest BCUT2D eigenvalue weighted by atomic mass is 19.4. The summed E-state index contributed by atoms with van der Waals surface area (Å²) in [5.74, 6) is -1.31. The molecule has 0 amide bonds. The van der Waals surface area contributed by atoms with E-state index in [1.165, 1.54) is 18.3 Å². The smallest absolute Gasteiger partial charge is 0.416 e. The molecule has 3 nitrogen and oxygen atoms in total. The molecule has 6 heteroatoms. The van der Waals surface area contributed by atoms with Gasteiger partial charge in [-0.3, -0.25) is 4.98 Å². The zero-order chi connectivity index (χ0) is 15.5. The molecule has 2 rings (SSSR count). The van der Waals surface area contributed by atoms with Crippen LogP contribution in [-0.2, 0) is 11.0 Å². The van der Waals surface area contributed by atoms with Gasteiger partial charge in [0.1, 0.15) is 0 Å². The van der Waals surface area contributed by atoms with E-state index in [-0.39, 0.29) is 5.56 Å². The van der Waals surface area contributed by atoms with E-state index in [2.05, 4.69) is 4.98 Å². The molecule has 0 unspecified atom stereocenters. The van der Waals surface area contributed by atoms with Crippen LogP contribution in [0.2, 0.25) is 0 Å². The number of carboxylic acids is 1. The third-order valence-electron chi connectivity index (χ3n) is 2.76. The minimum Gasteiger partial charge on any atom is -0.478 e. The van der Waals surface area contributed by atoms with Gasteiger partial charge in [-0.25, -0.2) is 4.79 Å². The second-order valence-corrected chi connectivity index (χ2v) is 4.21. The van der Waals surface area contributed by atoms with Crippen molar-refractivity contribution in [1.29, 1.82) is 0 Å². The number of carboxylic acid groups (broad SMARTS) is 1. The zero-order valence-corrected chi connectivity index (χ0v) is 10.6. The van der Waals surface area contributed by atoms with Crippen LogP contribution >= 0.6 is 0 Å². The van der Waals surface area contributed by atoms with Gasteiger partial charge < -0.3 is 5.11 Å². The predicted octanol–water partition coefficient (Wildman–Crippen LogP) is 3.87. The largest absolute Gasteiger partial charge is 0.478 e. The topological polar surface area (TPSA) is 50.2 Å². The number of pyridine rings is 1. The van der Waals surface area contributed by atoms with Crippen molar-refractivity contribution in [2.45, 2.75) is 6.18 Å². The lowest BCUT2D eigenvalue weighted by Gasteiger charge is -2.12. The van der Waals surface area contributed by atoms with Crippen LogP contribution in [0.25, 0.3) is 17.2 Å². The molecular weight excluding hydrogens is 283 g/mol. The molecule has 2 aromatic rings. The van der Waals surface area contributed by atoms with Crippen LogP contribution in [0.5, 0.6) is 0 Å². The third-order valence-corrected chi connectivity index (χ3v) is 2.76. The molecule has 0 saturated heterocycles. The maximum atomic E-state index is 12.9. The first-order valence-corrected chi connectivity index (χ1v) is 5.90. The Morgan fingerprint density at radius 2 is 1.95 bits per heavy atom. The van der Waals surface area contributed by atoms with Crippen LogP contribution in [0.4, 0.5) is 13.2 Å². The van der Waals surface area contributed by atoms with Crippen molar-refractivity contribution in [1.82, 2.24) is 4.98 Å². The van der Waals surface area contributed by atoms with Gasteiger partial charge in [-0.1, -0.05) is 12.1 Å². The van der Waals surface area contributed by atoms with Gasteiger partial charge in [0.2, 0.25) is 0 Å². The first-order valence-electron chi connectivity index (χ1n) is 5.90. The maximum absolute atomic E-state index is 12.9. The van der Waals surface area contributed by atoms with Gasteiger partial charge in [0.15, 0.2) is 0 Å². The number of hydrogen-bond donors (Lipinski definition) is 1. The summed E-state index contributed by atoms with van der Waals surface area (Å²) in [5.41, 5.74) is 0.0937. The SMILES string of the molecule is O=C(O)/C=C/c1cc(-c2cccnc2)ccc1C(F)(F)F. The van der Waals surface area contributed by atoms with Crippen molar-refractivity contribution in [2.24, 2.45) is 0 Å². The standard InChI is InChI=1S/C15H10F3NO2/c16-15(17,18)13-5-3-10(12-2-1-7-19-9-12)8-11(13)4-6-14(20)21/h1-9H,(H,20,21)/b6-4+. The molecule has 1 aromatic carbocycles. The number of carbonyl (C=O) groups is 1. The highest BCUT2D eigenvalue weighted by Gasteiger charge is 2.32. The molecule has 0 saturated carbocycles. The molecule has 0 radical (unpaired) electrons. The number of rotatable bonds is 3. The van der Waals surface area contributed by atoms with Gasteiger partial charge in [-0.05, 0) is 35.4 Å². The third kappa shape index (κ3) is 3.68. The quantitative estimate of drug-likeness (QED) is 0.874. The maximum Gasteiger partial charge on any atom is 0.416 e. The molecule has 1 heterocycles. The van der Waals surface area contributed by atoms with Gasteiger partial charge in [0.25, 0.3) is 0 Å². The van der Waals surface area contributed by atoms with E-state index in [4.69, 9.17) is 5.11 Å². The fourth-order valence-electron chi connectivity index (χ4n) is 1.83. The molecular formula is C15H10F3NO2. The highest BCUT2D eigenvalue weighted by Crippen LogP contribution is 2.34. The zero-order valence-electron chi connectivity index (χ0n) is 10.6. The van der Waals surface area contributed by atoms with Crippen molar-refractivity contribution in [3.63, 3.8) is 0 Å². The van der Waals surface area contributed by atoms with E-state index in [0.717, 1.165) is 12.1 Å². The summed E-state index contributed by atoms with van der Waals surface area (Å²) in [6.07, 6.45) is 0.139. The summed E-state index contributed by atoms with van der Waals surface area (Å²) in [5, 5.41) is 8.58. The molecule has 0 aliphatic heterocycles. The molecule has 0 atom stereocenters. The van der Waals surface area contributed by atoms with Gasteiger partial charge >= 0.3 is 12.1 Å². The molecule has 0 bridgehead atoms. The van der Waals surface area contributed by atoms with Gasteiger partial charge in [0, 0.05) is 24.0 Å². The molecule has 1 N–H and O–H groups in total. The second kappa shape index (κ2) is 5.78. The number of aliphatic carboxylic acids is 1. The minimum atomic E-state index is -4.55. The van der Waals surface area contributed by atoms with Crippen LogP contribution in [0, 0.1) is 0 Å². The summed E-state index contributed by atoms with van der Waals surface area (Å²) >= 11 is 0. The molecule has 1 aromatic heterocycles. The Balaban J connectivity index is 2.54. The number of halogens is 3. The van der Waals surface area contributed by atoms with E-state index in [0.29, 0.717) is 17.2 Å². The first-order chi connectivity index (χ1) is 9.88.